The summed E-state index contributed by atoms with van der Waals surface area (Å²) in [5, 5.41) is 7.18. The van der Waals surface area contributed by atoms with Crippen molar-refractivity contribution in [2.75, 3.05) is 4.90 Å². The van der Waals surface area contributed by atoms with Gasteiger partial charge in [0.2, 0.25) is 0 Å². The normalized spacial score (nSPS) is 11.6. The highest BCUT2D eigenvalue weighted by Crippen LogP contribution is 2.42. The van der Waals surface area contributed by atoms with Crippen LogP contribution in [0.1, 0.15) is 0 Å². The van der Waals surface area contributed by atoms with Crippen LogP contribution in [0, 0.1) is 0 Å². The van der Waals surface area contributed by atoms with Crippen molar-refractivity contribution >= 4 is 71.6 Å². The average molecular weight is 703 g/mol. The lowest BCUT2D eigenvalue weighted by Crippen LogP contribution is -2.10. The van der Waals surface area contributed by atoms with Crippen LogP contribution in [0.2, 0.25) is 0 Å². The quantitative estimate of drug-likeness (QED) is 0.172. The topological polar surface area (TPSA) is 21.3 Å². The van der Waals surface area contributed by atoms with Crippen LogP contribution in [0.15, 0.2) is 211 Å². The van der Waals surface area contributed by atoms with E-state index in [9.17, 15) is 0 Å². The van der Waals surface area contributed by atoms with Crippen molar-refractivity contribution < 1.29 is 4.42 Å². The maximum atomic E-state index is 6.40. The Labute approximate surface area is 318 Å². The van der Waals surface area contributed by atoms with Crippen LogP contribution in [0.4, 0.5) is 17.1 Å². The molecule has 0 bridgehead atoms. The predicted octanol–water partition coefficient (Wildman–Crippen LogP) is 14.6. The molecule has 3 nitrogen and oxygen atoms in total. The summed E-state index contributed by atoms with van der Waals surface area (Å²) in [5.41, 5.74) is 13.3. The van der Waals surface area contributed by atoms with E-state index in [2.05, 4.69) is 204 Å². The first-order valence-electron chi connectivity index (χ1n) is 18.8. The number of hydrogen-bond acceptors (Lipinski definition) is 2. The number of furan rings is 1. The van der Waals surface area contributed by atoms with Crippen LogP contribution in [0.3, 0.4) is 0 Å². The molecule has 0 aliphatic rings. The number of rotatable bonds is 6. The van der Waals surface area contributed by atoms with E-state index in [4.69, 9.17) is 4.42 Å². The number of hydrogen-bond donors (Lipinski definition) is 0. The third kappa shape index (κ3) is 5.13. The van der Waals surface area contributed by atoms with Gasteiger partial charge in [-0.2, -0.15) is 0 Å². The molecule has 0 N–H and O–H groups in total. The molecular weight excluding hydrogens is 669 g/mol. The smallest absolute Gasteiger partial charge is 0.143 e. The molecule has 0 aliphatic carbocycles. The third-order valence-corrected chi connectivity index (χ3v) is 11.0. The lowest BCUT2D eigenvalue weighted by molar-refractivity contribution is 0.670. The first kappa shape index (κ1) is 31.2. The zero-order chi connectivity index (χ0) is 36.3. The molecule has 11 aromatic rings. The van der Waals surface area contributed by atoms with Crippen LogP contribution in [0.25, 0.3) is 82.5 Å². The van der Waals surface area contributed by atoms with Crippen molar-refractivity contribution in [3.05, 3.63) is 206 Å². The molecule has 0 saturated carbocycles. The summed E-state index contributed by atoms with van der Waals surface area (Å²) in [6.45, 7) is 0. The number of para-hydroxylation sites is 4. The zero-order valence-electron chi connectivity index (χ0n) is 29.9. The van der Waals surface area contributed by atoms with Crippen molar-refractivity contribution in [3.8, 4) is 27.9 Å². The first-order valence-corrected chi connectivity index (χ1v) is 18.8. The predicted molar refractivity (Wildman–Crippen MR) is 231 cm³/mol. The van der Waals surface area contributed by atoms with Crippen molar-refractivity contribution in [2.45, 2.75) is 0 Å². The standard InChI is InChI=1S/C52H34N2O/c1-2-14-39(15-3-1)54-49-21-8-6-17-44(49)47-34-38(28-33-50(47)54)35-24-29-40(30-25-35)53(48-22-10-13-36-12-4-5-16-42(36)48)41-31-26-37(27-32-41)43-19-11-20-46-45-18-7-9-23-51(45)55-52(43)46/h1-34H. The van der Waals surface area contributed by atoms with Crippen molar-refractivity contribution in [3.63, 3.8) is 0 Å². The van der Waals surface area contributed by atoms with E-state index in [1.165, 1.54) is 49.4 Å². The van der Waals surface area contributed by atoms with Crippen LogP contribution in [-0.2, 0) is 0 Å². The second-order valence-corrected chi connectivity index (χ2v) is 14.1. The summed E-state index contributed by atoms with van der Waals surface area (Å²) in [6, 6.07) is 73.9. The van der Waals surface area contributed by atoms with E-state index in [1.54, 1.807) is 0 Å². The van der Waals surface area contributed by atoms with E-state index in [0.717, 1.165) is 50.1 Å². The van der Waals surface area contributed by atoms with E-state index >= 15 is 0 Å². The van der Waals surface area contributed by atoms with Gasteiger partial charge < -0.3 is 13.9 Å². The van der Waals surface area contributed by atoms with Gasteiger partial charge in [-0.3, -0.25) is 0 Å². The Balaban J connectivity index is 1.01. The molecule has 2 heterocycles. The highest BCUT2D eigenvalue weighted by atomic mass is 16.3. The number of benzene rings is 9. The molecule has 3 heteroatoms. The van der Waals surface area contributed by atoms with E-state index < -0.39 is 0 Å². The largest absolute Gasteiger partial charge is 0.455 e. The molecule has 0 saturated heterocycles. The van der Waals surface area contributed by atoms with Crippen molar-refractivity contribution in [2.24, 2.45) is 0 Å². The minimum atomic E-state index is 0.908. The molecule has 55 heavy (non-hydrogen) atoms. The SMILES string of the molecule is c1ccc(-n2c3ccccc3c3cc(-c4ccc(N(c5ccc(-c6cccc7c6oc6ccccc67)cc5)c5cccc6ccccc56)cc4)ccc32)cc1. The molecule has 11 rings (SSSR count). The lowest BCUT2D eigenvalue weighted by Gasteiger charge is -2.27. The summed E-state index contributed by atoms with van der Waals surface area (Å²) in [4.78, 5) is 2.37. The second kappa shape index (κ2) is 12.6. The fourth-order valence-electron chi connectivity index (χ4n) is 8.41. The summed E-state index contributed by atoms with van der Waals surface area (Å²) in [6.07, 6.45) is 0. The fraction of sp³-hybridized carbons (Fsp3) is 0. The maximum Gasteiger partial charge on any atom is 0.143 e. The second-order valence-electron chi connectivity index (χ2n) is 14.1. The van der Waals surface area contributed by atoms with Crippen LogP contribution >= 0.6 is 0 Å². The van der Waals surface area contributed by atoms with Gasteiger partial charge in [-0.25, -0.2) is 0 Å². The molecule has 0 atom stereocenters. The third-order valence-electron chi connectivity index (χ3n) is 11.0. The highest BCUT2D eigenvalue weighted by molar-refractivity contribution is 6.11. The fourth-order valence-corrected chi connectivity index (χ4v) is 8.41. The van der Waals surface area contributed by atoms with Gasteiger partial charge in [-0.05, 0) is 88.8 Å². The lowest BCUT2D eigenvalue weighted by atomic mass is 10.0. The van der Waals surface area contributed by atoms with Gasteiger partial charge >= 0.3 is 0 Å². The molecule has 9 aromatic carbocycles. The van der Waals surface area contributed by atoms with Crippen LogP contribution < -0.4 is 4.90 Å². The Morgan fingerprint density at radius 3 is 1.80 bits per heavy atom. The minimum Gasteiger partial charge on any atom is -0.455 e. The number of fused-ring (bicyclic) bond motifs is 7. The van der Waals surface area contributed by atoms with Gasteiger partial charge in [0.25, 0.3) is 0 Å². The molecule has 258 valence electrons. The molecule has 0 fully saturated rings. The van der Waals surface area contributed by atoms with E-state index in [0.29, 0.717) is 0 Å². The maximum absolute atomic E-state index is 6.40. The van der Waals surface area contributed by atoms with Crippen molar-refractivity contribution in [1.82, 2.24) is 4.57 Å². The van der Waals surface area contributed by atoms with Gasteiger partial charge in [0, 0.05) is 49.6 Å². The summed E-state index contributed by atoms with van der Waals surface area (Å²) in [5.74, 6) is 0. The van der Waals surface area contributed by atoms with Gasteiger partial charge in [0.15, 0.2) is 0 Å². The molecule has 0 spiro atoms. The van der Waals surface area contributed by atoms with Crippen LogP contribution in [0.5, 0.6) is 0 Å². The minimum absolute atomic E-state index is 0.908. The molecule has 0 unspecified atom stereocenters. The number of aromatic nitrogens is 1. The van der Waals surface area contributed by atoms with Gasteiger partial charge in [0.1, 0.15) is 11.2 Å². The Morgan fingerprint density at radius 1 is 0.382 bits per heavy atom. The monoisotopic (exact) mass is 702 g/mol. The molecule has 0 radical (unpaired) electrons. The van der Waals surface area contributed by atoms with Gasteiger partial charge in [-0.15, -0.1) is 0 Å². The highest BCUT2D eigenvalue weighted by Gasteiger charge is 2.18. The summed E-state index contributed by atoms with van der Waals surface area (Å²) >= 11 is 0. The van der Waals surface area contributed by atoms with Crippen LogP contribution in [-0.4, -0.2) is 4.57 Å². The molecule has 0 amide bonds. The number of nitrogens with zero attached hydrogens (tertiary/aromatic N) is 2. The summed E-state index contributed by atoms with van der Waals surface area (Å²) < 4.78 is 8.77. The van der Waals surface area contributed by atoms with Gasteiger partial charge in [0.05, 0.1) is 16.7 Å². The molecule has 0 aliphatic heterocycles. The Bertz CT molecular complexity index is 3180. The van der Waals surface area contributed by atoms with Gasteiger partial charge in [-0.1, -0.05) is 140 Å². The molecule has 2 aromatic heterocycles. The number of anilines is 3. The van der Waals surface area contributed by atoms with E-state index in [-0.39, 0.29) is 0 Å². The summed E-state index contributed by atoms with van der Waals surface area (Å²) in [7, 11) is 0. The zero-order valence-corrected chi connectivity index (χ0v) is 29.9. The average Bonchev–Trinajstić information content (AvgIpc) is 3.80. The molecular formula is C52H34N2O. The van der Waals surface area contributed by atoms with Crippen molar-refractivity contribution in [1.29, 1.82) is 0 Å². The Kier molecular flexibility index (Phi) is 7.17. The first-order chi connectivity index (χ1) is 27.3. The Morgan fingerprint density at radius 2 is 0.982 bits per heavy atom. The Hall–Kier alpha value is -7.36. The van der Waals surface area contributed by atoms with E-state index in [1.807, 2.05) is 12.1 Å².